The Hall–Kier alpha value is -1.42. The molecule has 17 heavy (non-hydrogen) atoms. The van der Waals surface area contributed by atoms with Crippen molar-refractivity contribution in [3.05, 3.63) is 30.1 Å². The minimum atomic E-state index is -0.724. The summed E-state index contributed by atoms with van der Waals surface area (Å²) in [5, 5.41) is 8.63. The number of rotatable bonds is 7. The van der Waals surface area contributed by atoms with Crippen LogP contribution in [0.15, 0.2) is 24.5 Å². The molecule has 0 unspecified atom stereocenters. The molecule has 4 heteroatoms. The van der Waals surface area contributed by atoms with Gasteiger partial charge in [-0.05, 0) is 44.5 Å². The zero-order chi connectivity index (χ0) is 12.7. The molecular formula is C13H20N2O2. The van der Waals surface area contributed by atoms with Crippen LogP contribution in [0, 0.1) is 0 Å². The quantitative estimate of drug-likeness (QED) is 0.788. The van der Waals surface area contributed by atoms with Crippen molar-refractivity contribution in [1.29, 1.82) is 0 Å². The van der Waals surface area contributed by atoms with Gasteiger partial charge in [-0.1, -0.05) is 0 Å². The van der Waals surface area contributed by atoms with Crippen molar-refractivity contribution < 1.29 is 9.90 Å². The molecule has 0 aliphatic heterocycles. The Labute approximate surface area is 102 Å². The van der Waals surface area contributed by atoms with E-state index in [4.69, 9.17) is 5.11 Å². The third kappa shape index (κ3) is 5.45. The van der Waals surface area contributed by atoms with E-state index in [0.29, 0.717) is 12.5 Å². The van der Waals surface area contributed by atoms with Gasteiger partial charge in [-0.2, -0.15) is 0 Å². The predicted molar refractivity (Wildman–Crippen MR) is 66.7 cm³/mol. The lowest BCUT2D eigenvalue weighted by atomic mass is 10.2. The number of pyridine rings is 1. The number of aromatic nitrogens is 1. The predicted octanol–water partition coefficient (Wildman–Crippen LogP) is 2.16. The van der Waals surface area contributed by atoms with Crippen molar-refractivity contribution >= 4 is 5.97 Å². The van der Waals surface area contributed by atoms with E-state index in [1.165, 1.54) is 5.56 Å². The molecule has 94 valence electrons. The van der Waals surface area contributed by atoms with Gasteiger partial charge in [0, 0.05) is 31.4 Å². The lowest BCUT2D eigenvalue weighted by Crippen LogP contribution is -2.31. The molecule has 0 atom stereocenters. The molecule has 0 radical (unpaired) electrons. The van der Waals surface area contributed by atoms with Gasteiger partial charge < -0.3 is 5.11 Å². The highest BCUT2D eigenvalue weighted by atomic mass is 16.4. The lowest BCUT2D eigenvalue weighted by Gasteiger charge is -2.26. The highest BCUT2D eigenvalue weighted by Gasteiger charge is 2.10. The van der Waals surface area contributed by atoms with Crippen molar-refractivity contribution in [2.45, 2.75) is 39.3 Å². The van der Waals surface area contributed by atoms with Gasteiger partial charge in [0.15, 0.2) is 0 Å². The number of carboxylic acids is 1. The van der Waals surface area contributed by atoms with E-state index in [0.717, 1.165) is 13.1 Å². The van der Waals surface area contributed by atoms with Gasteiger partial charge in [-0.25, -0.2) is 0 Å². The Kier molecular flexibility index (Phi) is 5.63. The molecule has 0 bridgehead atoms. The zero-order valence-corrected chi connectivity index (χ0v) is 10.5. The van der Waals surface area contributed by atoms with Gasteiger partial charge in [-0.15, -0.1) is 0 Å². The van der Waals surface area contributed by atoms with Crippen LogP contribution in [0.2, 0.25) is 0 Å². The van der Waals surface area contributed by atoms with Gasteiger partial charge in [0.25, 0.3) is 0 Å². The molecule has 0 saturated heterocycles. The van der Waals surface area contributed by atoms with Crippen LogP contribution in [-0.4, -0.2) is 33.5 Å². The summed E-state index contributed by atoms with van der Waals surface area (Å²) < 4.78 is 0. The first-order chi connectivity index (χ1) is 8.09. The maximum absolute atomic E-state index is 10.5. The average Bonchev–Trinajstić information content (AvgIpc) is 2.28. The second-order valence-corrected chi connectivity index (χ2v) is 4.42. The van der Waals surface area contributed by atoms with Crippen LogP contribution in [0.25, 0.3) is 0 Å². The normalized spacial score (nSPS) is 11.1. The molecule has 0 aliphatic carbocycles. The summed E-state index contributed by atoms with van der Waals surface area (Å²) in [6.45, 7) is 5.91. The Morgan fingerprint density at radius 2 is 2.06 bits per heavy atom. The summed E-state index contributed by atoms with van der Waals surface area (Å²) in [6, 6.07) is 4.40. The van der Waals surface area contributed by atoms with Crippen molar-refractivity contribution in [2.24, 2.45) is 0 Å². The van der Waals surface area contributed by atoms with Crippen LogP contribution in [0.3, 0.4) is 0 Å². The summed E-state index contributed by atoms with van der Waals surface area (Å²) >= 11 is 0. The first-order valence-corrected chi connectivity index (χ1v) is 5.94. The molecule has 0 spiro atoms. The number of carboxylic acid groups (broad SMARTS) is 1. The van der Waals surface area contributed by atoms with Gasteiger partial charge >= 0.3 is 5.97 Å². The minimum Gasteiger partial charge on any atom is -0.481 e. The number of aliphatic carboxylic acids is 1. The van der Waals surface area contributed by atoms with E-state index >= 15 is 0 Å². The standard InChI is InChI=1S/C13H20N2O2/c1-11(2)15(9-3-4-13(16)17)10-12-5-7-14-8-6-12/h5-8,11H,3-4,9-10H2,1-2H3,(H,16,17). The van der Waals surface area contributed by atoms with E-state index < -0.39 is 5.97 Å². The van der Waals surface area contributed by atoms with E-state index in [1.54, 1.807) is 12.4 Å². The van der Waals surface area contributed by atoms with Crippen molar-refractivity contribution in [1.82, 2.24) is 9.88 Å². The van der Waals surface area contributed by atoms with Crippen molar-refractivity contribution in [3.8, 4) is 0 Å². The number of hydrogen-bond acceptors (Lipinski definition) is 3. The smallest absolute Gasteiger partial charge is 0.303 e. The highest BCUT2D eigenvalue weighted by Crippen LogP contribution is 2.08. The monoisotopic (exact) mass is 236 g/mol. The third-order valence-electron chi connectivity index (χ3n) is 2.70. The van der Waals surface area contributed by atoms with E-state index in [-0.39, 0.29) is 6.42 Å². The molecule has 1 N–H and O–H groups in total. The average molecular weight is 236 g/mol. The third-order valence-corrected chi connectivity index (χ3v) is 2.70. The largest absolute Gasteiger partial charge is 0.481 e. The SMILES string of the molecule is CC(C)N(CCCC(=O)O)Cc1ccncc1. The number of carbonyl (C=O) groups is 1. The summed E-state index contributed by atoms with van der Waals surface area (Å²) in [4.78, 5) is 16.7. The minimum absolute atomic E-state index is 0.236. The zero-order valence-electron chi connectivity index (χ0n) is 10.5. The molecule has 0 amide bonds. The maximum Gasteiger partial charge on any atom is 0.303 e. The second-order valence-electron chi connectivity index (χ2n) is 4.42. The maximum atomic E-state index is 10.5. The Morgan fingerprint density at radius 1 is 1.41 bits per heavy atom. The first kappa shape index (κ1) is 13.6. The van der Waals surface area contributed by atoms with Crippen LogP contribution in [-0.2, 0) is 11.3 Å². The number of hydrogen-bond donors (Lipinski definition) is 1. The molecule has 0 saturated carbocycles. The Morgan fingerprint density at radius 3 is 2.59 bits per heavy atom. The fourth-order valence-electron chi connectivity index (χ4n) is 1.68. The summed E-state index contributed by atoms with van der Waals surface area (Å²) in [5.74, 6) is -0.724. The van der Waals surface area contributed by atoms with Crippen LogP contribution < -0.4 is 0 Å². The molecule has 4 nitrogen and oxygen atoms in total. The van der Waals surface area contributed by atoms with Gasteiger partial charge in [0.2, 0.25) is 0 Å². The summed E-state index contributed by atoms with van der Waals surface area (Å²) in [5.41, 5.74) is 1.21. The molecule has 1 rings (SSSR count). The fraction of sp³-hybridized carbons (Fsp3) is 0.538. The van der Waals surface area contributed by atoms with Crippen LogP contribution >= 0.6 is 0 Å². The van der Waals surface area contributed by atoms with Gasteiger partial charge in [-0.3, -0.25) is 14.7 Å². The Bertz CT molecular complexity index is 339. The summed E-state index contributed by atoms with van der Waals surface area (Å²) in [6.07, 6.45) is 4.49. The molecule has 0 fully saturated rings. The molecule has 0 aliphatic rings. The number of nitrogens with zero attached hydrogens (tertiary/aromatic N) is 2. The summed E-state index contributed by atoms with van der Waals surface area (Å²) in [7, 11) is 0. The molecule has 0 aromatic carbocycles. The lowest BCUT2D eigenvalue weighted by molar-refractivity contribution is -0.137. The molecule has 1 aromatic rings. The second kappa shape index (κ2) is 7.01. The van der Waals surface area contributed by atoms with E-state index in [9.17, 15) is 4.79 Å². The highest BCUT2D eigenvalue weighted by molar-refractivity contribution is 5.66. The van der Waals surface area contributed by atoms with Crippen LogP contribution in [0.4, 0.5) is 0 Å². The van der Waals surface area contributed by atoms with E-state index in [1.807, 2.05) is 12.1 Å². The molecule has 1 aromatic heterocycles. The van der Waals surface area contributed by atoms with Crippen molar-refractivity contribution in [3.63, 3.8) is 0 Å². The van der Waals surface area contributed by atoms with Gasteiger partial charge in [0.1, 0.15) is 0 Å². The topological polar surface area (TPSA) is 53.4 Å². The van der Waals surface area contributed by atoms with Crippen LogP contribution in [0.1, 0.15) is 32.3 Å². The first-order valence-electron chi connectivity index (χ1n) is 5.94. The fourth-order valence-corrected chi connectivity index (χ4v) is 1.68. The Balaban J connectivity index is 2.46. The van der Waals surface area contributed by atoms with E-state index in [2.05, 4.69) is 23.7 Å². The van der Waals surface area contributed by atoms with Crippen molar-refractivity contribution in [2.75, 3.05) is 6.54 Å². The molecular weight excluding hydrogens is 216 g/mol. The molecule has 1 heterocycles. The van der Waals surface area contributed by atoms with Crippen LogP contribution in [0.5, 0.6) is 0 Å². The van der Waals surface area contributed by atoms with Gasteiger partial charge in [0.05, 0.1) is 0 Å².